The molecule has 1 heterocycles. The Morgan fingerprint density at radius 2 is 1.89 bits per heavy atom. The van der Waals surface area contributed by atoms with E-state index in [9.17, 15) is 0 Å². The Kier molecular flexibility index (Phi) is 4.80. The molecule has 0 spiro atoms. The van der Waals surface area contributed by atoms with Crippen LogP contribution in [0, 0.1) is 0 Å². The Hall–Kier alpha value is -1.54. The molecule has 0 aliphatic rings. The lowest BCUT2D eigenvalue weighted by molar-refractivity contribution is 0.875. The molecule has 1 aromatic heterocycles. The number of benzene rings is 1. The fraction of sp³-hybridized carbons (Fsp3) is 0.312. The van der Waals surface area contributed by atoms with Gasteiger partial charge in [0.1, 0.15) is 5.82 Å². The van der Waals surface area contributed by atoms with Crippen molar-refractivity contribution < 1.29 is 0 Å². The largest absolute Gasteiger partial charge is 0.329 e. The summed E-state index contributed by atoms with van der Waals surface area (Å²) in [5.74, 6) is 1.47. The summed E-state index contributed by atoms with van der Waals surface area (Å²) in [6, 6.07) is 14.4. The monoisotopic (exact) mass is 274 g/mol. The van der Waals surface area contributed by atoms with Gasteiger partial charge in [-0.25, -0.2) is 4.98 Å². The molecule has 0 saturated carbocycles. The van der Waals surface area contributed by atoms with E-state index in [2.05, 4.69) is 36.1 Å². The van der Waals surface area contributed by atoms with Gasteiger partial charge >= 0.3 is 0 Å². The molecule has 0 atom stereocenters. The lowest BCUT2D eigenvalue weighted by Gasteiger charge is -2.19. The van der Waals surface area contributed by atoms with Crippen molar-refractivity contribution in [1.29, 1.82) is 0 Å². The van der Waals surface area contributed by atoms with Crippen molar-refractivity contribution in [3.8, 4) is 0 Å². The van der Waals surface area contributed by atoms with E-state index in [-0.39, 0.29) is 0 Å². The second kappa shape index (κ2) is 6.58. The SMILES string of the molecule is CCCc1cc(CCl)cc(N(C)c2ccccc2)n1. The van der Waals surface area contributed by atoms with Gasteiger partial charge in [0.2, 0.25) is 0 Å². The van der Waals surface area contributed by atoms with E-state index in [0.717, 1.165) is 35.6 Å². The first kappa shape index (κ1) is 13.9. The number of alkyl halides is 1. The zero-order valence-corrected chi connectivity index (χ0v) is 12.2. The Labute approximate surface area is 120 Å². The van der Waals surface area contributed by atoms with Gasteiger partial charge in [0.05, 0.1) is 0 Å². The molecular weight excluding hydrogens is 256 g/mol. The van der Waals surface area contributed by atoms with Crippen molar-refractivity contribution >= 4 is 23.1 Å². The molecule has 0 amide bonds. The molecule has 2 rings (SSSR count). The molecule has 1 aromatic carbocycles. The highest BCUT2D eigenvalue weighted by molar-refractivity contribution is 6.17. The average molecular weight is 275 g/mol. The number of nitrogens with zero attached hydrogens (tertiary/aromatic N) is 2. The van der Waals surface area contributed by atoms with Gasteiger partial charge in [-0.05, 0) is 36.2 Å². The van der Waals surface area contributed by atoms with E-state index in [1.54, 1.807) is 0 Å². The minimum absolute atomic E-state index is 0.523. The van der Waals surface area contributed by atoms with Gasteiger partial charge in [-0.3, -0.25) is 0 Å². The third kappa shape index (κ3) is 3.48. The summed E-state index contributed by atoms with van der Waals surface area (Å²) in [4.78, 5) is 6.81. The second-order valence-electron chi connectivity index (χ2n) is 4.60. The summed E-state index contributed by atoms with van der Waals surface area (Å²) in [6.45, 7) is 2.16. The molecule has 0 radical (unpaired) electrons. The fourth-order valence-electron chi connectivity index (χ4n) is 2.05. The van der Waals surface area contributed by atoms with Gasteiger partial charge in [0.15, 0.2) is 0 Å². The standard InChI is InChI=1S/C16H19ClN2/c1-3-7-14-10-13(12-17)11-16(18-14)19(2)15-8-5-4-6-9-15/h4-6,8-11H,3,7,12H2,1-2H3. The van der Waals surface area contributed by atoms with Crippen molar-refractivity contribution in [2.24, 2.45) is 0 Å². The molecule has 19 heavy (non-hydrogen) atoms. The average Bonchev–Trinajstić information content (AvgIpc) is 2.47. The van der Waals surface area contributed by atoms with E-state index in [1.807, 2.05) is 25.2 Å². The van der Waals surface area contributed by atoms with Crippen molar-refractivity contribution in [2.45, 2.75) is 25.6 Å². The molecule has 2 nitrogen and oxygen atoms in total. The Bertz CT molecular complexity index is 526. The molecule has 0 bridgehead atoms. The number of para-hydroxylation sites is 1. The highest BCUT2D eigenvalue weighted by atomic mass is 35.5. The smallest absolute Gasteiger partial charge is 0.133 e. The number of rotatable bonds is 5. The number of hydrogen-bond acceptors (Lipinski definition) is 2. The third-order valence-corrected chi connectivity index (χ3v) is 3.38. The molecule has 0 aliphatic heterocycles. The normalized spacial score (nSPS) is 10.5. The van der Waals surface area contributed by atoms with Crippen LogP contribution in [0.5, 0.6) is 0 Å². The zero-order chi connectivity index (χ0) is 13.7. The molecule has 100 valence electrons. The van der Waals surface area contributed by atoms with Crippen molar-refractivity contribution in [3.63, 3.8) is 0 Å². The Morgan fingerprint density at radius 3 is 2.53 bits per heavy atom. The number of aromatic nitrogens is 1. The molecule has 3 heteroatoms. The zero-order valence-electron chi connectivity index (χ0n) is 11.4. The second-order valence-corrected chi connectivity index (χ2v) is 4.87. The summed E-state index contributed by atoms with van der Waals surface area (Å²) in [7, 11) is 2.03. The van der Waals surface area contributed by atoms with Crippen molar-refractivity contribution in [3.05, 3.63) is 53.7 Å². The van der Waals surface area contributed by atoms with Gasteiger partial charge in [-0.15, -0.1) is 11.6 Å². The van der Waals surface area contributed by atoms with Crippen LogP contribution in [-0.2, 0) is 12.3 Å². The molecule has 0 unspecified atom stereocenters. The van der Waals surface area contributed by atoms with Crippen LogP contribution in [0.15, 0.2) is 42.5 Å². The number of pyridine rings is 1. The van der Waals surface area contributed by atoms with Crippen LogP contribution < -0.4 is 4.90 Å². The van der Waals surface area contributed by atoms with Crippen LogP contribution in [0.3, 0.4) is 0 Å². The quantitative estimate of drug-likeness (QED) is 0.744. The van der Waals surface area contributed by atoms with Crippen molar-refractivity contribution in [1.82, 2.24) is 4.98 Å². The van der Waals surface area contributed by atoms with Gasteiger partial charge < -0.3 is 4.90 Å². The van der Waals surface area contributed by atoms with Crippen LogP contribution in [0.2, 0.25) is 0 Å². The van der Waals surface area contributed by atoms with Crippen LogP contribution in [0.25, 0.3) is 0 Å². The van der Waals surface area contributed by atoms with Crippen LogP contribution in [-0.4, -0.2) is 12.0 Å². The van der Waals surface area contributed by atoms with Crippen LogP contribution in [0.1, 0.15) is 24.6 Å². The molecule has 0 fully saturated rings. The number of aryl methyl sites for hydroxylation is 1. The molecule has 0 saturated heterocycles. The van der Waals surface area contributed by atoms with Crippen LogP contribution in [0.4, 0.5) is 11.5 Å². The Balaban J connectivity index is 2.35. The minimum Gasteiger partial charge on any atom is -0.329 e. The third-order valence-electron chi connectivity index (χ3n) is 3.07. The summed E-state index contributed by atoms with van der Waals surface area (Å²) >= 11 is 5.98. The van der Waals surface area contributed by atoms with Gasteiger partial charge in [0, 0.05) is 24.3 Å². The van der Waals surface area contributed by atoms with Gasteiger partial charge in [0.25, 0.3) is 0 Å². The molecule has 0 N–H and O–H groups in total. The van der Waals surface area contributed by atoms with Gasteiger partial charge in [-0.1, -0.05) is 31.5 Å². The summed E-state index contributed by atoms with van der Waals surface area (Å²) in [5, 5.41) is 0. The predicted molar refractivity (Wildman–Crippen MR) is 82.3 cm³/mol. The predicted octanol–water partition coefficient (Wildman–Crippen LogP) is 4.54. The van der Waals surface area contributed by atoms with Gasteiger partial charge in [-0.2, -0.15) is 0 Å². The minimum atomic E-state index is 0.523. The lowest BCUT2D eigenvalue weighted by Crippen LogP contribution is -2.12. The first-order chi connectivity index (χ1) is 9.24. The Morgan fingerprint density at radius 1 is 1.16 bits per heavy atom. The molecule has 2 aromatic rings. The fourth-order valence-corrected chi connectivity index (χ4v) is 2.20. The maximum absolute atomic E-state index is 5.98. The van der Waals surface area contributed by atoms with E-state index in [0.29, 0.717) is 5.88 Å². The van der Waals surface area contributed by atoms with Crippen LogP contribution >= 0.6 is 11.6 Å². The molecule has 0 aliphatic carbocycles. The maximum Gasteiger partial charge on any atom is 0.133 e. The van der Waals surface area contributed by atoms with E-state index in [1.165, 1.54) is 0 Å². The first-order valence-corrected chi connectivity index (χ1v) is 7.12. The van der Waals surface area contributed by atoms with E-state index >= 15 is 0 Å². The number of hydrogen-bond donors (Lipinski definition) is 0. The van der Waals surface area contributed by atoms with Crippen molar-refractivity contribution in [2.75, 3.05) is 11.9 Å². The summed E-state index contributed by atoms with van der Waals surface area (Å²) in [6.07, 6.45) is 2.08. The van der Waals surface area contributed by atoms with E-state index < -0.39 is 0 Å². The lowest BCUT2D eigenvalue weighted by atomic mass is 10.1. The summed E-state index contributed by atoms with van der Waals surface area (Å²) in [5.41, 5.74) is 3.36. The highest BCUT2D eigenvalue weighted by Crippen LogP contribution is 2.23. The van der Waals surface area contributed by atoms with E-state index in [4.69, 9.17) is 16.6 Å². The first-order valence-electron chi connectivity index (χ1n) is 6.59. The number of anilines is 2. The topological polar surface area (TPSA) is 16.1 Å². The molecular formula is C16H19ClN2. The number of halogens is 1. The maximum atomic E-state index is 5.98. The summed E-state index contributed by atoms with van der Waals surface area (Å²) < 4.78 is 0. The highest BCUT2D eigenvalue weighted by Gasteiger charge is 2.08.